The number of fused-ring (bicyclic) bond motifs is 2. The third-order valence-electron chi connectivity index (χ3n) is 8.04. The van der Waals surface area contributed by atoms with Crippen LogP contribution in [0.5, 0.6) is 0 Å². The van der Waals surface area contributed by atoms with E-state index < -0.39 is 24.0 Å². The number of hydrogen-bond donors (Lipinski definition) is 2. The summed E-state index contributed by atoms with van der Waals surface area (Å²) in [7, 11) is 0. The number of nitrogens with zero attached hydrogens (tertiary/aromatic N) is 5. The molecule has 0 radical (unpaired) electrons. The van der Waals surface area contributed by atoms with Crippen molar-refractivity contribution < 1.29 is 37.9 Å². The lowest BCUT2D eigenvalue weighted by molar-refractivity contribution is -0.112. The van der Waals surface area contributed by atoms with E-state index >= 15 is 0 Å². The first-order valence-electron chi connectivity index (χ1n) is 16.9. The molecule has 51 heavy (non-hydrogen) atoms. The number of ether oxygens (including phenoxy) is 2. The topological polar surface area (TPSA) is 161 Å². The van der Waals surface area contributed by atoms with Crippen LogP contribution in [0.2, 0.25) is 0 Å². The number of carbonyl (C=O) groups is 4. The van der Waals surface area contributed by atoms with Crippen molar-refractivity contribution in [3.8, 4) is 0 Å². The number of para-hydroxylation sites is 1. The van der Waals surface area contributed by atoms with Crippen molar-refractivity contribution in [1.29, 1.82) is 0 Å². The number of hydrogen-bond acceptors (Lipinski definition) is 10. The molecule has 0 bridgehead atoms. The molecule has 0 unspecified atom stereocenters. The number of H-pyrrole nitrogens is 1. The smallest absolute Gasteiger partial charge is 0.449 e. The van der Waals surface area contributed by atoms with Gasteiger partial charge in [-0.05, 0) is 87.0 Å². The lowest BCUT2D eigenvalue weighted by atomic mass is 10.0. The van der Waals surface area contributed by atoms with Crippen molar-refractivity contribution in [2.24, 2.45) is 0 Å². The summed E-state index contributed by atoms with van der Waals surface area (Å²) in [6.07, 6.45) is 1.32. The molecule has 0 saturated heterocycles. The highest BCUT2D eigenvalue weighted by Crippen LogP contribution is 2.39. The Morgan fingerprint density at radius 1 is 1.00 bits per heavy atom. The SMILES string of the molecule is CCCOC(=O)N1C(=O)/C(=C\c2[nH]c(C)c(C(=O)NCCN(CC)CC)c2C)c2cc(F)ccc21.CCCOC(=O)On1nnc2ccccc21. The Bertz CT molecular complexity index is 1900. The van der Waals surface area contributed by atoms with E-state index in [-0.39, 0.29) is 23.8 Å². The molecule has 0 aliphatic carbocycles. The van der Waals surface area contributed by atoms with E-state index in [2.05, 4.69) is 39.4 Å². The van der Waals surface area contributed by atoms with Gasteiger partial charge in [-0.1, -0.05) is 44.7 Å². The average molecular weight is 706 g/mol. The molecule has 2 aromatic heterocycles. The number of carbonyl (C=O) groups excluding carboxylic acids is 4. The van der Waals surface area contributed by atoms with Gasteiger partial charge in [0.05, 0.1) is 30.0 Å². The molecule has 0 saturated carbocycles. The van der Waals surface area contributed by atoms with Crippen molar-refractivity contribution in [3.63, 3.8) is 0 Å². The number of imide groups is 1. The lowest BCUT2D eigenvalue weighted by Crippen LogP contribution is -2.35. The highest BCUT2D eigenvalue weighted by molar-refractivity contribution is 6.41. The molecule has 272 valence electrons. The molecule has 0 spiro atoms. The summed E-state index contributed by atoms with van der Waals surface area (Å²) >= 11 is 0. The molecule has 3 amide bonds. The predicted molar refractivity (Wildman–Crippen MR) is 190 cm³/mol. The highest BCUT2D eigenvalue weighted by atomic mass is 19.1. The van der Waals surface area contributed by atoms with Crippen LogP contribution in [0.25, 0.3) is 22.7 Å². The zero-order valence-electron chi connectivity index (χ0n) is 29.7. The fraction of sp³-hybridized carbons (Fsp3) is 0.389. The number of benzene rings is 2. The molecule has 1 aliphatic rings. The lowest BCUT2D eigenvalue weighted by Gasteiger charge is -2.18. The van der Waals surface area contributed by atoms with Crippen LogP contribution in [0.1, 0.15) is 73.4 Å². The second-order valence-corrected chi connectivity index (χ2v) is 11.6. The molecule has 0 fully saturated rings. The van der Waals surface area contributed by atoms with Crippen molar-refractivity contribution in [2.45, 2.75) is 54.4 Å². The van der Waals surface area contributed by atoms with Gasteiger partial charge >= 0.3 is 12.2 Å². The van der Waals surface area contributed by atoms with Gasteiger partial charge in [0.15, 0.2) is 0 Å². The second-order valence-electron chi connectivity index (χ2n) is 11.6. The molecule has 4 aromatic rings. The maximum Gasteiger partial charge on any atom is 0.535 e. The number of anilines is 1. The normalized spacial score (nSPS) is 12.9. The number of likely N-dealkylation sites (N-methyl/N-ethyl adjacent to an activating group) is 1. The monoisotopic (exact) mass is 705 g/mol. The van der Waals surface area contributed by atoms with Crippen LogP contribution < -0.4 is 15.1 Å². The van der Waals surface area contributed by atoms with Crippen molar-refractivity contribution in [3.05, 3.63) is 76.4 Å². The van der Waals surface area contributed by atoms with E-state index in [1.165, 1.54) is 18.2 Å². The summed E-state index contributed by atoms with van der Waals surface area (Å²) in [5.41, 5.74) is 4.33. The Balaban J connectivity index is 0.000000302. The van der Waals surface area contributed by atoms with Gasteiger partial charge in [-0.2, -0.15) is 0 Å². The maximum absolute atomic E-state index is 14.1. The minimum Gasteiger partial charge on any atom is -0.449 e. The summed E-state index contributed by atoms with van der Waals surface area (Å²) in [5.74, 6) is -1.34. The van der Waals surface area contributed by atoms with Gasteiger partial charge in [0, 0.05) is 30.0 Å². The Labute approximate surface area is 295 Å². The van der Waals surface area contributed by atoms with E-state index in [0.29, 0.717) is 58.7 Å². The molecule has 2 aromatic carbocycles. The minimum absolute atomic E-state index is 0.144. The average Bonchev–Trinajstić information content (AvgIpc) is 3.74. The minimum atomic E-state index is -0.805. The van der Waals surface area contributed by atoms with Crippen molar-refractivity contribution in [1.82, 2.24) is 30.4 Å². The molecule has 3 heterocycles. The molecule has 1 aliphatic heterocycles. The van der Waals surface area contributed by atoms with Crippen LogP contribution in [0, 0.1) is 19.7 Å². The van der Waals surface area contributed by atoms with Gasteiger partial charge in [0.1, 0.15) is 16.9 Å². The molecular formula is C36H44FN7O7. The van der Waals surface area contributed by atoms with Crippen molar-refractivity contribution in [2.75, 3.05) is 44.3 Å². The maximum atomic E-state index is 14.1. The van der Waals surface area contributed by atoms with Crippen LogP contribution >= 0.6 is 0 Å². The standard InChI is InChI=1S/C26H33FN4O4.C10H11N3O3/c1-6-13-35-26(34)31-22-10-9-18(27)14-19(22)20(25(31)33)15-21-16(4)23(17(5)29-21)24(32)28-11-12-30(7-2)8-3;1-2-7-15-10(14)16-13-9-6-4-3-5-8(9)11-12-13/h9-10,14-15,29H,6-8,11-13H2,1-5H3,(H,28,32);3-6H,2,7H2,1H3/b20-15-;. The number of halogens is 1. The van der Waals surface area contributed by atoms with Gasteiger partial charge in [0.25, 0.3) is 11.8 Å². The number of aromatic nitrogens is 4. The van der Waals surface area contributed by atoms with Gasteiger partial charge < -0.3 is 24.7 Å². The Kier molecular flexibility index (Phi) is 13.4. The second kappa shape index (κ2) is 17.9. The molecule has 2 N–H and O–H groups in total. The zero-order chi connectivity index (χ0) is 37.1. The Morgan fingerprint density at radius 3 is 2.41 bits per heavy atom. The summed E-state index contributed by atoms with van der Waals surface area (Å²) in [5, 5.41) is 10.5. The third-order valence-corrected chi connectivity index (χ3v) is 8.04. The van der Waals surface area contributed by atoms with Gasteiger partial charge in [-0.15, -0.1) is 5.10 Å². The van der Waals surface area contributed by atoms with Crippen LogP contribution in [0.4, 0.5) is 19.7 Å². The fourth-order valence-corrected chi connectivity index (χ4v) is 5.40. The van der Waals surface area contributed by atoms with E-state index in [4.69, 9.17) is 14.3 Å². The van der Waals surface area contributed by atoms with Crippen LogP contribution in [-0.2, 0) is 14.3 Å². The largest absolute Gasteiger partial charge is 0.535 e. The molecular weight excluding hydrogens is 661 g/mol. The van der Waals surface area contributed by atoms with Crippen LogP contribution in [0.3, 0.4) is 0 Å². The molecule has 0 atom stereocenters. The number of aromatic amines is 1. The predicted octanol–water partition coefficient (Wildman–Crippen LogP) is 5.68. The first kappa shape index (κ1) is 38.2. The van der Waals surface area contributed by atoms with Gasteiger partial charge in [0.2, 0.25) is 0 Å². The quantitative estimate of drug-likeness (QED) is 0.107. The van der Waals surface area contributed by atoms with E-state index in [9.17, 15) is 23.6 Å². The molecule has 14 nitrogen and oxygen atoms in total. The first-order chi connectivity index (χ1) is 24.5. The van der Waals surface area contributed by atoms with E-state index in [0.717, 1.165) is 35.8 Å². The summed E-state index contributed by atoms with van der Waals surface area (Å²) in [6.45, 7) is 15.0. The van der Waals surface area contributed by atoms with Crippen LogP contribution in [-0.4, -0.2) is 88.5 Å². The molecule has 5 rings (SSSR count). The van der Waals surface area contributed by atoms with E-state index in [1.807, 2.05) is 26.0 Å². The number of rotatable bonds is 12. The number of nitrogens with one attached hydrogen (secondary N) is 2. The fourth-order valence-electron chi connectivity index (χ4n) is 5.40. The first-order valence-corrected chi connectivity index (χ1v) is 16.9. The van der Waals surface area contributed by atoms with Crippen molar-refractivity contribution >= 4 is 52.4 Å². The number of aryl methyl sites for hydroxylation is 1. The number of amides is 3. The Hall–Kier alpha value is -5.57. The van der Waals surface area contributed by atoms with Crippen LogP contribution in [0.15, 0.2) is 42.5 Å². The van der Waals surface area contributed by atoms with Gasteiger partial charge in [-0.25, -0.2) is 18.9 Å². The van der Waals surface area contributed by atoms with Gasteiger partial charge in [-0.3, -0.25) is 14.4 Å². The zero-order valence-corrected chi connectivity index (χ0v) is 29.7. The Morgan fingerprint density at radius 2 is 1.71 bits per heavy atom. The summed E-state index contributed by atoms with van der Waals surface area (Å²) in [6, 6.07) is 11.0. The molecule has 15 heteroatoms. The van der Waals surface area contributed by atoms with E-state index in [1.54, 1.807) is 32.1 Å². The third kappa shape index (κ3) is 9.16. The summed E-state index contributed by atoms with van der Waals surface area (Å²) < 4.78 is 24.0. The summed E-state index contributed by atoms with van der Waals surface area (Å²) in [4.78, 5) is 62.0. The highest BCUT2D eigenvalue weighted by Gasteiger charge is 2.38.